The van der Waals surface area contributed by atoms with E-state index < -0.39 is 11.9 Å². The van der Waals surface area contributed by atoms with E-state index in [0.29, 0.717) is 0 Å². The van der Waals surface area contributed by atoms with E-state index >= 15 is 0 Å². The molecule has 0 saturated carbocycles. The van der Waals surface area contributed by atoms with E-state index in [1.165, 1.54) is 17.4 Å². The number of amides is 1. The van der Waals surface area contributed by atoms with Gasteiger partial charge in [0.05, 0.1) is 0 Å². The number of carboxylic acids is 1. The third kappa shape index (κ3) is 4.75. The Morgan fingerprint density at radius 3 is 2.87 bits per heavy atom. The van der Waals surface area contributed by atoms with Crippen LogP contribution in [-0.4, -0.2) is 23.5 Å². The van der Waals surface area contributed by atoms with E-state index in [1.54, 1.807) is 6.08 Å². The number of halogens is 1. The average Bonchev–Trinajstić information content (AvgIpc) is 2.58. The minimum atomic E-state index is -1.06. The first-order chi connectivity index (χ1) is 7.08. The van der Waals surface area contributed by atoms with Crippen LogP contribution in [0.4, 0.5) is 0 Å². The molecule has 0 atom stereocenters. The third-order valence-corrected chi connectivity index (χ3v) is 3.06. The Morgan fingerprint density at radius 1 is 1.60 bits per heavy atom. The third-order valence-electron chi connectivity index (χ3n) is 1.40. The molecule has 2 N–H and O–H groups in total. The number of nitrogens with one attached hydrogen (secondary N) is 1. The molecule has 1 amide bonds. The lowest BCUT2D eigenvalue weighted by molar-refractivity contribution is -0.137. The number of thiophene rings is 1. The largest absolute Gasteiger partial charge is 0.480 e. The Bertz CT molecular complexity index is 400. The van der Waals surface area contributed by atoms with Crippen molar-refractivity contribution in [3.63, 3.8) is 0 Å². The molecule has 0 aliphatic heterocycles. The summed E-state index contributed by atoms with van der Waals surface area (Å²) in [4.78, 5) is 22.1. The highest BCUT2D eigenvalue weighted by Crippen LogP contribution is 2.20. The second-order valence-corrected chi connectivity index (χ2v) is 4.47. The lowest BCUT2D eigenvalue weighted by atomic mass is 10.4. The number of carboxylic acid groups (broad SMARTS) is 1. The highest BCUT2D eigenvalue weighted by molar-refractivity contribution is 9.10. The van der Waals surface area contributed by atoms with Crippen LogP contribution >= 0.6 is 27.3 Å². The van der Waals surface area contributed by atoms with Gasteiger partial charge in [-0.15, -0.1) is 11.3 Å². The van der Waals surface area contributed by atoms with E-state index in [2.05, 4.69) is 21.2 Å². The van der Waals surface area contributed by atoms with E-state index in [1.807, 2.05) is 11.4 Å². The molecule has 4 nitrogen and oxygen atoms in total. The minimum Gasteiger partial charge on any atom is -0.480 e. The molecule has 1 aromatic heterocycles. The zero-order chi connectivity index (χ0) is 11.3. The molecule has 80 valence electrons. The molecule has 1 aromatic rings. The zero-order valence-electron chi connectivity index (χ0n) is 7.57. The molecule has 0 spiro atoms. The van der Waals surface area contributed by atoms with Gasteiger partial charge in [0.1, 0.15) is 6.54 Å². The Balaban J connectivity index is 2.44. The maximum absolute atomic E-state index is 11.1. The second kappa shape index (κ2) is 5.67. The van der Waals surface area contributed by atoms with E-state index in [4.69, 9.17) is 5.11 Å². The molecular weight excluding hydrogens is 282 g/mol. The van der Waals surface area contributed by atoms with Crippen molar-refractivity contribution in [1.82, 2.24) is 5.32 Å². The van der Waals surface area contributed by atoms with Gasteiger partial charge in [-0.1, -0.05) is 0 Å². The van der Waals surface area contributed by atoms with Gasteiger partial charge >= 0.3 is 5.97 Å². The van der Waals surface area contributed by atoms with Gasteiger partial charge < -0.3 is 10.4 Å². The molecule has 1 heterocycles. The van der Waals surface area contributed by atoms with Crippen LogP contribution in [0, 0.1) is 0 Å². The number of aliphatic carboxylic acids is 1. The standard InChI is InChI=1S/C9H8BrNO3S/c10-6-3-7(15-5-6)1-2-8(12)11-4-9(13)14/h1-3,5H,4H2,(H,11,12)(H,13,14). The summed E-state index contributed by atoms with van der Waals surface area (Å²) in [5.41, 5.74) is 0. The number of hydrogen-bond donors (Lipinski definition) is 2. The van der Waals surface area contributed by atoms with Crippen molar-refractivity contribution >= 4 is 45.2 Å². The zero-order valence-corrected chi connectivity index (χ0v) is 9.97. The Morgan fingerprint density at radius 2 is 2.33 bits per heavy atom. The number of hydrogen-bond acceptors (Lipinski definition) is 3. The first-order valence-electron chi connectivity index (χ1n) is 3.99. The van der Waals surface area contributed by atoms with Gasteiger partial charge in [0.25, 0.3) is 0 Å². The summed E-state index contributed by atoms with van der Waals surface area (Å²) in [5.74, 6) is -1.47. The minimum absolute atomic E-state index is 0.364. The van der Waals surface area contributed by atoms with E-state index in [-0.39, 0.29) is 6.54 Å². The smallest absolute Gasteiger partial charge is 0.322 e. The number of carbonyl (C=O) groups excluding carboxylic acids is 1. The lowest BCUT2D eigenvalue weighted by Crippen LogP contribution is -2.27. The second-order valence-electron chi connectivity index (χ2n) is 2.61. The first-order valence-corrected chi connectivity index (χ1v) is 5.67. The van der Waals surface area contributed by atoms with Crippen molar-refractivity contribution in [3.8, 4) is 0 Å². The fourth-order valence-corrected chi connectivity index (χ4v) is 2.13. The molecule has 0 bridgehead atoms. The monoisotopic (exact) mass is 289 g/mol. The summed E-state index contributed by atoms with van der Waals surface area (Å²) in [6.45, 7) is -0.364. The van der Waals surface area contributed by atoms with Gasteiger partial charge in [0.2, 0.25) is 5.91 Å². The Hall–Kier alpha value is -1.14. The van der Waals surface area contributed by atoms with Gasteiger partial charge in [-0.25, -0.2) is 0 Å². The van der Waals surface area contributed by atoms with Gasteiger partial charge in [0, 0.05) is 20.8 Å². The number of carbonyl (C=O) groups is 2. The summed E-state index contributed by atoms with van der Waals surface area (Å²) in [6.07, 6.45) is 2.94. The van der Waals surface area contributed by atoms with Crippen molar-refractivity contribution in [2.45, 2.75) is 0 Å². The number of rotatable bonds is 4. The Labute approximate surface area is 98.7 Å². The summed E-state index contributed by atoms with van der Waals surface area (Å²) in [5, 5.41) is 12.4. The van der Waals surface area contributed by atoms with E-state index in [9.17, 15) is 9.59 Å². The van der Waals surface area contributed by atoms with Gasteiger partial charge in [-0.3, -0.25) is 9.59 Å². The molecule has 6 heteroatoms. The topological polar surface area (TPSA) is 66.4 Å². The van der Waals surface area contributed by atoms with Crippen molar-refractivity contribution in [2.24, 2.45) is 0 Å². The predicted molar refractivity (Wildman–Crippen MR) is 61.7 cm³/mol. The normalized spacial score (nSPS) is 10.5. The Kier molecular flexibility index (Phi) is 4.51. The lowest BCUT2D eigenvalue weighted by Gasteiger charge is -1.95. The molecule has 0 aromatic carbocycles. The van der Waals surface area contributed by atoms with Crippen LogP contribution in [0.1, 0.15) is 4.88 Å². The van der Waals surface area contributed by atoms with Crippen LogP contribution in [0.5, 0.6) is 0 Å². The molecular formula is C9H8BrNO3S. The van der Waals surface area contributed by atoms with Gasteiger partial charge in [0.15, 0.2) is 0 Å². The summed E-state index contributed by atoms with van der Waals surface area (Å²) < 4.78 is 0.957. The predicted octanol–water partition coefficient (Wildman–Crippen LogP) is 1.72. The summed E-state index contributed by atoms with van der Waals surface area (Å²) in [7, 11) is 0. The summed E-state index contributed by atoms with van der Waals surface area (Å²) in [6, 6.07) is 1.87. The molecule has 0 unspecified atom stereocenters. The fourth-order valence-electron chi connectivity index (χ4n) is 0.795. The molecule has 0 aliphatic carbocycles. The first kappa shape index (κ1) is 11.9. The SMILES string of the molecule is O=C(O)CNC(=O)C=Cc1cc(Br)cs1. The van der Waals surface area contributed by atoms with Crippen LogP contribution in [0.2, 0.25) is 0 Å². The molecule has 15 heavy (non-hydrogen) atoms. The molecule has 0 radical (unpaired) electrons. The van der Waals surface area contributed by atoms with Gasteiger partial charge in [-0.05, 0) is 28.1 Å². The van der Waals surface area contributed by atoms with E-state index in [0.717, 1.165) is 9.35 Å². The van der Waals surface area contributed by atoms with Crippen molar-refractivity contribution in [2.75, 3.05) is 6.54 Å². The highest BCUT2D eigenvalue weighted by atomic mass is 79.9. The molecule has 1 rings (SSSR count). The summed E-state index contributed by atoms with van der Waals surface area (Å²) >= 11 is 4.77. The van der Waals surface area contributed by atoms with Crippen LogP contribution in [0.3, 0.4) is 0 Å². The molecule has 0 fully saturated rings. The maximum Gasteiger partial charge on any atom is 0.322 e. The fraction of sp³-hybridized carbons (Fsp3) is 0.111. The van der Waals surface area contributed by atoms with Crippen LogP contribution in [0.25, 0.3) is 6.08 Å². The van der Waals surface area contributed by atoms with Crippen molar-refractivity contribution in [3.05, 3.63) is 26.9 Å². The highest BCUT2D eigenvalue weighted by Gasteiger charge is 1.99. The average molecular weight is 290 g/mol. The van der Waals surface area contributed by atoms with Crippen LogP contribution in [-0.2, 0) is 9.59 Å². The van der Waals surface area contributed by atoms with Gasteiger partial charge in [-0.2, -0.15) is 0 Å². The molecule has 0 saturated heterocycles. The maximum atomic E-state index is 11.1. The van der Waals surface area contributed by atoms with Crippen LogP contribution in [0.15, 0.2) is 22.0 Å². The van der Waals surface area contributed by atoms with Crippen molar-refractivity contribution < 1.29 is 14.7 Å². The van der Waals surface area contributed by atoms with Crippen LogP contribution < -0.4 is 5.32 Å². The molecule has 0 aliphatic rings. The van der Waals surface area contributed by atoms with Crippen molar-refractivity contribution in [1.29, 1.82) is 0 Å². The quantitative estimate of drug-likeness (QED) is 0.830.